The molecule has 1 fully saturated rings. The van der Waals surface area contributed by atoms with Crippen molar-refractivity contribution < 1.29 is 9.59 Å². The van der Waals surface area contributed by atoms with E-state index in [0.717, 1.165) is 0 Å². The SMILES string of the molecule is CNC(=O)C1CSCN1C(C)=O. The highest BCUT2D eigenvalue weighted by Crippen LogP contribution is 2.20. The zero-order valence-electron chi connectivity index (χ0n) is 7.16. The van der Waals surface area contributed by atoms with Crippen LogP contribution in [0, 0.1) is 0 Å². The van der Waals surface area contributed by atoms with Crippen LogP contribution < -0.4 is 5.32 Å². The van der Waals surface area contributed by atoms with Gasteiger partial charge in [-0.2, -0.15) is 0 Å². The molecule has 0 radical (unpaired) electrons. The van der Waals surface area contributed by atoms with Crippen molar-refractivity contribution in [3.05, 3.63) is 0 Å². The zero-order chi connectivity index (χ0) is 9.14. The quantitative estimate of drug-likeness (QED) is 0.612. The first-order chi connectivity index (χ1) is 5.66. The first kappa shape index (κ1) is 9.38. The van der Waals surface area contributed by atoms with Crippen LogP contribution in [0.2, 0.25) is 0 Å². The molecule has 1 saturated heterocycles. The predicted molar refractivity (Wildman–Crippen MR) is 47.7 cm³/mol. The molecule has 0 aliphatic carbocycles. The summed E-state index contributed by atoms with van der Waals surface area (Å²) in [6.07, 6.45) is 0. The van der Waals surface area contributed by atoms with Crippen molar-refractivity contribution in [2.24, 2.45) is 0 Å². The smallest absolute Gasteiger partial charge is 0.243 e. The van der Waals surface area contributed by atoms with Gasteiger partial charge in [-0.15, -0.1) is 11.8 Å². The van der Waals surface area contributed by atoms with E-state index in [4.69, 9.17) is 0 Å². The van der Waals surface area contributed by atoms with E-state index in [-0.39, 0.29) is 17.9 Å². The summed E-state index contributed by atoms with van der Waals surface area (Å²) >= 11 is 1.61. The van der Waals surface area contributed by atoms with Crippen molar-refractivity contribution in [2.75, 3.05) is 18.7 Å². The molecule has 1 aliphatic rings. The molecule has 1 rings (SSSR count). The number of hydrogen-bond acceptors (Lipinski definition) is 3. The molecule has 1 unspecified atom stereocenters. The maximum Gasteiger partial charge on any atom is 0.243 e. The van der Waals surface area contributed by atoms with Gasteiger partial charge < -0.3 is 10.2 Å². The Morgan fingerprint density at radius 1 is 1.58 bits per heavy atom. The standard InChI is InChI=1S/C7H12N2O2S/c1-5(10)9-4-12-3-6(9)7(11)8-2/h6H,3-4H2,1-2H3,(H,8,11). The number of hydrogen-bond donors (Lipinski definition) is 1. The van der Waals surface area contributed by atoms with E-state index in [9.17, 15) is 9.59 Å². The number of carbonyl (C=O) groups is 2. The number of likely N-dealkylation sites (N-methyl/N-ethyl adjacent to an activating group) is 1. The second-order valence-electron chi connectivity index (χ2n) is 2.62. The number of nitrogens with zero attached hydrogens (tertiary/aromatic N) is 1. The van der Waals surface area contributed by atoms with Crippen molar-refractivity contribution in [1.29, 1.82) is 0 Å². The molecule has 0 bridgehead atoms. The summed E-state index contributed by atoms with van der Waals surface area (Å²) in [5.74, 6) is 1.23. The van der Waals surface area contributed by atoms with Crippen molar-refractivity contribution >= 4 is 23.6 Å². The van der Waals surface area contributed by atoms with E-state index in [2.05, 4.69) is 5.32 Å². The van der Waals surface area contributed by atoms with E-state index >= 15 is 0 Å². The highest BCUT2D eigenvalue weighted by molar-refractivity contribution is 7.99. The molecular formula is C7H12N2O2S. The third kappa shape index (κ3) is 1.72. The number of thioether (sulfide) groups is 1. The predicted octanol–water partition coefficient (Wildman–Crippen LogP) is -0.346. The lowest BCUT2D eigenvalue weighted by atomic mass is 10.3. The average molecular weight is 188 g/mol. The van der Waals surface area contributed by atoms with Gasteiger partial charge in [0.15, 0.2) is 0 Å². The largest absolute Gasteiger partial charge is 0.357 e. The van der Waals surface area contributed by atoms with Gasteiger partial charge in [-0.3, -0.25) is 9.59 Å². The summed E-state index contributed by atoms with van der Waals surface area (Å²) < 4.78 is 0. The molecule has 0 aromatic carbocycles. The Labute approximate surface area is 75.7 Å². The van der Waals surface area contributed by atoms with E-state index < -0.39 is 0 Å². The summed E-state index contributed by atoms with van der Waals surface area (Å²) in [5, 5.41) is 2.55. The fraction of sp³-hybridized carbons (Fsp3) is 0.714. The molecule has 5 heteroatoms. The normalized spacial score (nSPS) is 22.5. The number of rotatable bonds is 1. The Hall–Kier alpha value is -0.710. The highest BCUT2D eigenvalue weighted by Gasteiger charge is 2.31. The van der Waals surface area contributed by atoms with Gasteiger partial charge in [-0.25, -0.2) is 0 Å². The van der Waals surface area contributed by atoms with E-state index in [0.29, 0.717) is 11.6 Å². The molecule has 2 amide bonds. The molecule has 68 valence electrons. The van der Waals surface area contributed by atoms with Crippen LogP contribution in [0.5, 0.6) is 0 Å². The van der Waals surface area contributed by atoms with Crippen LogP contribution in [0.4, 0.5) is 0 Å². The summed E-state index contributed by atoms with van der Waals surface area (Å²) in [7, 11) is 1.59. The van der Waals surface area contributed by atoms with E-state index in [1.165, 1.54) is 6.92 Å². The molecule has 1 heterocycles. The first-order valence-corrected chi connectivity index (χ1v) is 4.89. The van der Waals surface area contributed by atoms with Gasteiger partial charge in [0.25, 0.3) is 0 Å². The summed E-state index contributed by atoms with van der Waals surface area (Å²) in [6, 6.07) is -0.266. The van der Waals surface area contributed by atoms with Gasteiger partial charge >= 0.3 is 0 Å². The molecular weight excluding hydrogens is 176 g/mol. The molecule has 4 nitrogen and oxygen atoms in total. The topological polar surface area (TPSA) is 49.4 Å². The maximum atomic E-state index is 11.2. The summed E-state index contributed by atoms with van der Waals surface area (Å²) in [4.78, 5) is 23.8. The van der Waals surface area contributed by atoms with Gasteiger partial charge in [0, 0.05) is 19.7 Å². The summed E-state index contributed by atoms with van der Waals surface area (Å²) in [5.41, 5.74) is 0. The first-order valence-electron chi connectivity index (χ1n) is 3.73. The van der Waals surface area contributed by atoms with Gasteiger partial charge in [-0.05, 0) is 0 Å². The van der Waals surface area contributed by atoms with Crippen molar-refractivity contribution in [3.8, 4) is 0 Å². The number of carbonyl (C=O) groups excluding carboxylic acids is 2. The van der Waals surface area contributed by atoms with Crippen LogP contribution in [0.25, 0.3) is 0 Å². The fourth-order valence-electron chi connectivity index (χ4n) is 1.14. The van der Waals surface area contributed by atoms with Crippen molar-refractivity contribution in [3.63, 3.8) is 0 Å². The third-order valence-corrected chi connectivity index (χ3v) is 2.85. The zero-order valence-corrected chi connectivity index (χ0v) is 7.98. The van der Waals surface area contributed by atoms with Gasteiger partial charge in [-0.1, -0.05) is 0 Å². The molecule has 12 heavy (non-hydrogen) atoms. The molecule has 0 aromatic rings. The molecule has 1 N–H and O–H groups in total. The maximum absolute atomic E-state index is 11.2. The average Bonchev–Trinajstić information content (AvgIpc) is 2.50. The molecule has 1 atom stereocenters. The molecule has 0 aromatic heterocycles. The lowest BCUT2D eigenvalue weighted by molar-refractivity contribution is -0.136. The Balaban J connectivity index is 2.63. The van der Waals surface area contributed by atoms with Crippen molar-refractivity contribution in [1.82, 2.24) is 10.2 Å². The Bertz CT molecular complexity index is 208. The number of amides is 2. The van der Waals surface area contributed by atoms with Gasteiger partial charge in [0.1, 0.15) is 6.04 Å². The Kier molecular flexibility index (Phi) is 2.97. The molecule has 1 aliphatic heterocycles. The van der Waals surface area contributed by atoms with Crippen LogP contribution in [0.3, 0.4) is 0 Å². The molecule has 0 saturated carbocycles. The monoisotopic (exact) mass is 188 g/mol. The van der Waals surface area contributed by atoms with Crippen LogP contribution >= 0.6 is 11.8 Å². The number of nitrogens with one attached hydrogen (secondary N) is 1. The minimum Gasteiger partial charge on any atom is -0.357 e. The van der Waals surface area contributed by atoms with E-state index in [1.54, 1.807) is 23.7 Å². The van der Waals surface area contributed by atoms with Crippen LogP contribution in [0.1, 0.15) is 6.92 Å². The van der Waals surface area contributed by atoms with Crippen LogP contribution in [-0.2, 0) is 9.59 Å². The Morgan fingerprint density at radius 2 is 2.25 bits per heavy atom. The summed E-state index contributed by atoms with van der Waals surface area (Å²) in [6.45, 7) is 1.49. The fourth-order valence-corrected chi connectivity index (χ4v) is 2.36. The lowest BCUT2D eigenvalue weighted by Crippen LogP contribution is -2.45. The third-order valence-electron chi connectivity index (χ3n) is 1.84. The Morgan fingerprint density at radius 3 is 2.75 bits per heavy atom. The van der Waals surface area contributed by atoms with Gasteiger partial charge in [0.2, 0.25) is 11.8 Å². The molecule has 0 spiro atoms. The van der Waals surface area contributed by atoms with Crippen molar-refractivity contribution in [2.45, 2.75) is 13.0 Å². The van der Waals surface area contributed by atoms with Crippen LogP contribution in [0.15, 0.2) is 0 Å². The highest BCUT2D eigenvalue weighted by atomic mass is 32.2. The second kappa shape index (κ2) is 3.80. The lowest BCUT2D eigenvalue weighted by Gasteiger charge is -2.20. The minimum absolute atomic E-state index is 0.0337. The minimum atomic E-state index is -0.266. The van der Waals surface area contributed by atoms with Crippen LogP contribution in [-0.4, -0.2) is 41.4 Å². The van der Waals surface area contributed by atoms with Gasteiger partial charge in [0.05, 0.1) is 5.88 Å². The second-order valence-corrected chi connectivity index (χ2v) is 3.62. The van der Waals surface area contributed by atoms with E-state index in [1.807, 2.05) is 0 Å².